The number of ketones is 1. The summed E-state index contributed by atoms with van der Waals surface area (Å²) in [5.41, 5.74) is 1.06. The van der Waals surface area contributed by atoms with Crippen molar-refractivity contribution < 1.29 is 19.3 Å². The van der Waals surface area contributed by atoms with Gasteiger partial charge in [0.1, 0.15) is 6.04 Å². The molecule has 5 rings (SSSR count). The second-order valence-corrected chi connectivity index (χ2v) is 9.59. The van der Waals surface area contributed by atoms with Crippen LogP contribution in [0.3, 0.4) is 0 Å². The van der Waals surface area contributed by atoms with Crippen molar-refractivity contribution in [3.63, 3.8) is 0 Å². The largest absolute Gasteiger partial charge is 0.297 e. The fourth-order valence-electron chi connectivity index (χ4n) is 5.09. The molecule has 0 bridgehead atoms. The molecular weight excluding hydrogens is 424 g/mol. The standard InChI is InChI=1S/C24H22N4O5/c1-24(2,3)21(29)20-18-17(19-16-7-5-4-6-13(16)12-25-27(19)20)22(30)26(23(18)31)14-8-10-15(11-9-14)28(32)33/h4-12,17-20H,1-3H3/t17-,18+,19-,20-/m0/s1. The highest BCUT2D eigenvalue weighted by molar-refractivity contribution is 6.24. The summed E-state index contributed by atoms with van der Waals surface area (Å²) < 4.78 is 0. The number of amides is 2. The van der Waals surface area contributed by atoms with Crippen LogP contribution in [0, 0.1) is 27.4 Å². The smallest absolute Gasteiger partial charge is 0.269 e. The SMILES string of the molecule is CC(C)(C)C(=O)[C@@H]1[C@@H]2C(=O)N(c3ccc([N+](=O)[O-])cc3)C(=O)[C@@H]2[C@@H]2c3ccccc3C=NN12. The molecule has 3 aliphatic heterocycles. The minimum atomic E-state index is -0.896. The number of rotatable bonds is 3. The molecule has 0 spiro atoms. The number of Topliss-reactive ketones (excluding diaryl/α,β-unsaturated/α-hetero) is 1. The van der Waals surface area contributed by atoms with E-state index in [4.69, 9.17) is 0 Å². The van der Waals surface area contributed by atoms with Gasteiger partial charge in [-0.05, 0) is 23.3 Å². The van der Waals surface area contributed by atoms with Gasteiger partial charge in [0.25, 0.3) is 5.69 Å². The van der Waals surface area contributed by atoms with Gasteiger partial charge < -0.3 is 0 Å². The van der Waals surface area contributed by atoms with Crippen molar-refractivity contribution in [3.8, 4) is 0 Å². The lowest BCUT2D eigenvalue weighted by atomic mass is 9.79. The molecule has 4 atom stereocenters. The van der Waals surface area contributed by atoms with Crippen LogP contribution in [0.1, 0.15) is 37.9 Å². The molecule has 3 aliphatic rings. The minimum absolute atomic E-state index is 0.138. The third kappa shape index (κ3) is 2.99. The maximum absolute atomic E-state index is 13.7. The van der Waals surface area contributed by atoms with Gasteiger partial charge in [0, 0.05) is 17.5 Å². The molecule has 2 aromatic carbocycles. The van der Waals surface area contributed by atoms with Gasteiger partial charge >= 0.3 is 0 Å². The van der Waals surface area contributed by atoms with Crippen LogP contribution in [0.4, 0.5) is 11.4 Å². The van der Waals surface area contributed by atoms with E-state index in [2.05, 4.69) is 5.10 Å². The number of hydrogen-bond acceptors (Lipinski definition) is 7. The number of anilines is 1. The second kappa shape index (κ2) is 7.06. The van der Waals surface area contributed by atoms with Crippen LogP contribution in [0.15, 0.2) is 53.6 Å². The summed E-state index contributed by atoms with van der Waals surface area (Å²) >= 11 is 0. The number of nitro groups is 1. The van der Waals surface area contributed by atoms with Crippen molar-refractivity contribution in [2.75, 3.05) is 4.90 Å². The number of hydrazone groups is 1. The van der Waals surface area contributed by atoms with Gasteiger partial charge in [0.15, 0.2) is 5.78 Å². The van der Waals surface area contributed by atoms with Gasteiger partial charge in [-0.2, -0.15) is 5.10 Å². The Kier molecular flexibility index (Phi) is 4.49. The Morgan fingerprint density at radius 2 is 1.64 bits per heavy atom. The average Bonchev–Trinajstić information content (AvgIpc) is 3.25. The zero-order chi connectivity index (χ0) is 23.7. The molecule has 168 valence electrons. The van der Waals surface area contributed by atoms with Crippen molar-refractivity contribution in [1.29, 1.82) is 0 Å². The van der Waals surface area contributed by atoms with Gasteiger partial charge in [-0.15, -0.1) is 0 Å². The predicted molar refractivity (Wildman–Crippen MR) is 119 cm³/mol. The van der Waals surface area contributed by atoms with E-state index in [1.165, 1.54) is 24.3 Å². The van der Waals surface area contributed by atoms with Crippen molar-refractivity contribution in [3.05, 3.63) is 69.8 Å². The first-order chi connectivity index (χ1) is 15.6. The molecular formula is C24H22N4O5. The number of fused-ring (bicyclic) bond motifs is 5. The molecule has 2 aromatic rings. The summed E-state index contributed by atoms with van der Waals surface area (Å²) in [6.45, 7) is 5.36. The second-order valence-electron chi connectivity index (χ2n) is 9.59. The predicted octanol–water partition coefficient (Wildman–Crippen LogP) is 3.09. The Morgan fingerprint density at radius 3 is 2.27 bits per heavy atom. The maximum Gasteiger partial charge on any atom is 0.269 e. The first-order valence-corrected chi connectivity index (χ1v) is 10.7. The van der Waals surface area contributed by atoms with Crippen molar-refractivity contribution in [1.82, 2.24) is 5.01 Å². The molecule has 0 aliphatic carbocycles. The zero-order valence-electron chi connectivity index (χ0n) is 18.3. The number of hydrogen-bond donors (Lipinski definition) is 0. The van der Waals surface area contributed by atoms with Crippen molar-refractivity contribution in [2.24, 2.45) is 22.4 Å². The summed E-state index contributed by atoms with van der Waals surface area (Å²) in [5, 5.41) is 17.2. The molecule has 0 radical (unpaired) electrons. The van der Waals surface area contributed by atoms with Gasteiger partial charge in [-0.25, -0.2) is 4.90 Å². The normalized spacial score (nSPS) is 25.7. The highest BCUT2D eigenvalue weighted by Crippen LogP contribution is 2.53. The van der Waals surface area contributed by atoms with Gasteiger partial charge in [0.2, 0.25) is 11.8 Å². The minimum Gasteiger partial charge on any atom is -0.297 e. The monoisotopic (exact) mass is 446 g/mol. The fraction of sp³-hybridized carbons (Fsp3) is 0.333. The van der Waals surface area contributed by atoms with Crippen LogP contribution in [0.25, 0.3) is 0 Å². The summed E-state index contributed by atoms with van der Waals surface area (Å²) in [5.74, 6) is -2.76. The Labute approximate surface area is 189 Å². The van der Waals surface area contributed by atoms with Gasteiger partial charge in [-0.1, -0.05) is 45.0 Å². The molecule has 0 saturated carbocycles. The molecule has 0 aromatic heterocycles. The maximum atomic E-state index is 13.7. The third-order valence-electron chi connectivity index (χ3n) is 6.62. The number of imide groups is 1. The molecule has 9 heteroatoms. The van der Waals surface area contributed by atoms with E-state index in [-0.39, 0.29) is 17.2 Å². The van der Waals surface area contributed by atoms with E-state index in [9.17, 15) is 24.5 Å². The highest BCUT2D eigenvalue weighted by atomic mass is 16.6. The van der Waals surface area contributed by atoms with Crippen LogP contribution < -0.4 is 4.90 Å². The number of carbonyl (C=O) groups is 3. The number of non-ortho nitro benzene ring substituents is 1. The van der Waals surface area contributed by atoms with Gasteiger partial charge in [0.05, 0.1) is 34.7 Å². The lowest BCUT2D eigenvalue weighted by Crippen LogP contribution is -2.48. The van der Waals surface area contributed by atoms with E-state index in [1.54, 1.807) is 32.0 Å². The number of nitro benzene ring substituents is 1. The first kappa shape index (κ1) is 21.0. The Bertz CT molecular complexity index is 1230. The molecule has 2 fully saturated rings. The summed E-state index contributed by atoms with van der Waals surface area (Å²) in [4.78, 5) is 52.4. The molecule has 2 saturated heterocycles. The Hall–Kier alpha value is -3.88. The number of benzene rings is 2. The summed E-state index contributed by atoms with van der Waals surface area (Å²) in [6, 6.07) is 11.4. The third-order valence-corrected chi connectivity index (χ3v) is 6.62. The van der Waals surface area contributed by atoms with E-state index >= 15 is 0 Å². The zero-order valence-corrected chi connectivity index (χ0v) is 18.3. The lowest BCUT2D eigenvalue weighted by molar-refractivity contribution is -0.384. The molecule has 3 heterocycles. The molecule has 33 heavy (non-hydrogen) atoms. The molecule has 2 amide bonds. The highest BCUT2D eigenvalue weighted by Gasteiger charge is 2.66. The van der Waals surface area contributed by atoms with Crippen molar-refractivity contribution in [2.45, 2.75) is 32.9 Å². The lowest BCUT2D eigenvalue weighted by Gasteiger charge is -2.35. The number of nitrogens with zero attached hydrogens (tertiary/aromatic N) is 4. The van der Waals surface area contributed by atoms with Gasteiger partial charge in [-0.3, -0.25) is 29.5 Å². The average molecular weight is 446 g/mol. The number of carbonyl (C=O) groups excluding carboxylic acids is 3. The topological polar surface area (TPSA) is 113 Å². The Balaban J connectivity index is 1.63. The van der Waals surface area contributed by atoms with Crippen LogP contribution >= 0.6 is 0 Å². The Morgan fingerprint density at radius 1 is 1.00 bits per heavy atom. The molecule has 0 unspecified atom stereocenters. The van der Waals surface area contributed by atoms with E-state index in [0.29, 0.717) is 0 Å². The van der Waals surface area contributed by atoms with Crippen molar-refractivity contribution >= 4 is 35.2 Å². The van der Waals surface area contributed by atoms with Crippen LogP contribution in [0.5, 0.6) is 0 Å². The summed E-state index contributed by atoms with van der Waals surface area (Å²) in [6.07, 6.45) is 1.67. The van der Waals surface area contributed by atoms with Crippen LogP contribution in [0.2, 0.25) is 0 Å². The van der Waals surface area contributed by atoms with E-state index in [1.807, 2.05) is 24.3 Å². The fourth-order valence-corrected chi connectivity index (χ4v) is 5.09. The van der Waals surface area contributed by atoms with Crippen LogP contribution in [-0.2, 0) is 14.4 Å². The van der Waals surface area contributed by atoms with E-state index in [0.717, 1.165) is 16.0 Å². The molecule has 9 nitrogen and oxygen atoms in total. The first-order valence-electron chi connectivity index (χ1n) is 10.7. The molecule has 0 N–H and O–H groups in total. The van der Waals surface area contributed by atoms with Crippen LogP contribution in [-0.4, -0.2) is 39.8 Å². The van der Waals surface area contributed by atoms with E-state index < -0.39 is 46.1 Å². The quantitative estimate of drug-likeness (QED) is 0.407. The summed E-state index contributed by atoms with van der Waals surface area (Å²) in [7, 11) is 0.